The van der Waals surface area contributed by atoms with E-state index in [0.717, 1.165) is 36.5 Å². The van der Waals surface area contributed by atoms with Crippen LogP contribution in [0.5, 0.6) is 5.75 Å². The molecule has 31 heavy (non-hydrogen) atoms. The van der Waals surface area contributed by atoms with Crippen molar-refractivity contribution in [2.24, 2.45) is 0 Å². The number of hydrogen-bond acceptors (Lipinski definition) is 6. The van der Waals surface area contributed by atoms with Crippen LogP contribution in [0, 0.1) is 0 Å². The fraction of sp³-hybridized carbons (Fsp3) is 0.409. The number of H-pyrrole nitrogens is 1. The third-order valence-corrected chi connectivity index (χ3v) is 5.54. The zero-order valence-corrected chi connectivity index (χ0v) is 19.8. The summed E-state index contributed by atoms with van der Waals surface area (Å²) in [6, 6.07) is 5.82. The molecule has 0 atom stereocenters. The first-order valence-electron chi connectivity index (χ1n) is 9.99. The van der Waals surface area contributed by atoms with E-state index in [1.54, 1.807) is 7.11 Å². The minimum Gasteiger partial charge on any atom is -0.497 e. The smallest absolute Gasteiger partial charge is 0.260 e. The van der Waals surface area contributed by atoms with Gasteiger partial charge in [0, 0.05) is 31.9 Å². The molecule has 0 fully saturated rings. The van der Waals surface area contributed by atoms with E-state index in [1.807, 2.05) is 25.4 Å². The van der Waals surface area contributed by atoms with Gasteiger partial charge in [0.25, 0.3) is 5.56 Å². The maximum Gasteiger partial charge on any atom is 0.260 e. The summed E-state index contributed by atoms with van der Waals surface area (Å²) in [5, 5.41) is 3.82. The van der Waals surface area contributed by atoms with Crippen LogP contribution in [0.2, 0.25) is 0 Å². The number of ether oxygens (including phenoxy) is 1. The quantitative estimate of drug-likeness (QED) is 0.598. The Morgan fingerprint density at radius 2 is 2.06 bits per heavy atom. The Hall–Kier alpha value is -2.35. The topological polar surface area (TPSA) is 83.1 Å². The second-order valence-electron chi connectivity index (χ2n) is 7.75. The molecular weight excluding hydrogens is 437 g/mol. The molecule has 9 heteroatoms. The highest BCUT2D eigenvalue weighted by Crippen LogP contribution is 2.29. The van der Waals surface area contributed by atoms with E-state index >= 15 is 0 Å². The number of benzene rings is 1. The molecule has 0 bridgehead atoms. The van der Waals surface area contributed by atoms with E-state index in [9.17, 15) is 4.79 Å². The minimum absolute atomic E-state index is 0. The summed E-state index contributed by atoms with van der Waals surface area (Å²) in [4.78, 5) is 27.4. The summed E-state index contributed by atoms with van der Waals surface area (Å²) >= 11 is 0. The van der Waals surface area contributed by atoms with Crippen molar-refractivity contribution in [3.05, 3.63) is 57.1 Å². The van der Waals surface area contributed by atoms with Gasteiger partial charge < -0.3 is 15.0 Å². The average molecular weight is 466 g/mol. The SMILES string of the molecule is CNCc1nccc2c1CCN(c1nc3cc(OC)cc(C(C)C)c3c(=O)[nH]1)C2.Cl.Cl. The second kappa shape index (κ2) is 10.3. The number of fused-ring (bicyclic) bond motifs is 2. The summed E-state index contributed by atoms with van der Waals surface area (Å²) < 4.78 is 5.44. The van der Waals surface area contributed by atoms with Crippen molar-refractivity contribution in [3.8, 4) is 5.75 Å². The second-order valence-corrected chi connectivity index (χ2v) is 7.75. The van der Waals surface area contributed by atoms with Gasteiger partial charge in [-0.2, -0.15) is 0 Å². The monoisotopic (exact) mass is 465 g/mol. The van der Waals surface area contributed by atoms with Crippen molar-refractivity contribution in [1.82, 2.24) is 20.3 Å². The summed E-state index contributed by atoms with van der Waals surface area (Å²) in [6.07, 6.45) is 2.72. The van der Waals surface area contributed by atoms with Crippen molar-refractivity contribution in [1.29, 1.82) is 0 Å². The zero-order chi connectivity index (χ0) is 20.5. The van der Waals surface area contributed by atoms with Crippen LogP contribution in [0.15, 0.2) is 29.2 Å². The number of rotatable bonds is 5. The minimum atomic E-state index is -0.104. The number of aromatic nitrogens is 3. The maximum atomic E-state index is 13.0. The molecular formula is C22H29Cl2N5O2. The third kappa shape index (κ3) is 4.79. The highest BCUT2D eigenvalue weighted by Gasteiger charge is 2.22. The molecule has 4 rings (SSSR count). The molecule has 3 heterocycles. The lowest BCUT2D eigenvalue weighted by atomic mass is 9.98. The molecule has 0 saturated carbocycles. The Morgan fingerprint density at radius 1 is 1.29 bits per heavy atom. The lowest BCUT2D eigenvalue weighted by molar-refractivity contribution is 0.414. The van der Waals surface area contributed by atoms with Crippen LogP contribution in [-0.4, -0.2) is 35.7 Å². The number of methoxy groups -OCH3 is 1. The Morgan fingerprint density at radius 3 is 2.74 bits per heavy atom. The Bertz CT molecular complexity index is 1120. The summed E-state index contributed by atoms with van der Waals surface area (Å²) in [7, 11) is 3.57. The Balaban J connectivity index is 0.00000171. The molecule has 3 aromatic rings. The molecule has 1 aromatic carbocycles. The number of anilines is 1. The van der Waals surface area contributed by atoms with Crippen LogP contribution in [0.4, 0.5) is 5.95 Å². The molecule has 0 aliphatic carbocycles. The lowest BCUT2D eigenvalue weighted by Crippen LogP contribution is -2.34. The molecule has 2 aromatic heterocycles. The van der Waals surface area contributed by atoms with Crippen molar-refractivity contribution >= 4 is 41.7 Å². The molecule has 2 N–H and O–H groups in total. The lowest BCUT2D eigenvalue weighted by Gasteiger charge is -2.30. The van der Waals surface area contributed by atoms with Crippen molar-refractivity contribution in [2.45, 2.75) is 39.3 Å². The van der Waals surface area contributed by atoms with E-state index in [-0.39, 0.29) is 36.3 Å². The van der Waals surface area contributed by atoms with E-state index in [4.69, 9.17) is 9.72 Å². The maximum absolute atomic E-state index is 13.0. The van der Waals surface area contributed by atoms with Crippen LogP contribution < -0.4 is 20.5 Å². The number of pyridine rings is 1. The number of halogens is 2. The van der Waals surface area contributed by atoms with Crippen LogP contribution in [0.3, 0.4) is 0 Å². The van der Waals surface area contributed by atoms with Gasteiger partial charge in [0.15, 0.2) is 0 Å². The molecule has 7 nitrogen and oxygen atoms in total. The zero-order valence-electron chi connectivity index (χ0n) is 18.2. The van der Waals surface area contributed by atoms with Gasteiger partial charge >= 0.3 is 0 Å². The van der Waals surface area contributed by atoms with Crippen LogP contribution in [0.25, 0.3) is 10.9 Å². The molecule has 0 saturated heterocycles. The number of nitrogens with zero attached hydrogens (tertiary/aromatic N) is 3. The highest BCUT2D eigenvalue weighted by molar-refractivity contribution is 5.86. The predicted octanol–water partition coefficient (Wildman–Crippen LogP) is 3.58. The summed E-state index contributed by atoms with van der Waals surface area (Å²) in [6.45, 7) is 6.38. The standard InChI is InChI=1S/C22H27N5O2.2ClH/c1-13(2)17-9-15(29-4)10-18-20(17)21(28)26-22(25-18)27-8-6-16-14(12-27)5-7-24-19(16)11-23-3;;/h5,7,9-10,13,23H,6,8,11-12H2,1-4H3,(H,25,26,28);2*1H. The van der Waals surface area contributed by atoms with Gasteiger partial charge in [-0.05, 0) is 48.2 Å². The average Bonchev–Trinajstić information content (AvgIpc) is 2.72. The molecule has 0 amide bonds. The van der Waals surface area contributed by atoms with Gasteiger partial charge in [-0.1, -0.05) is 13.8 Å². The fourth-order valence-electron chi connectivity index (χ4n) is 4.05. The molecule has 1 aliphatic heterocycles. The van der Waals surface area contributed by atoms with E-state index < -0.39 is 0 Å². The normalized spacial score (nSPS) is 12.9. The van der Waals surface area contributed by atoms with Crippen molar-refractivity contribution in [3.63, 3.8) is 0 Å². The Labute approximate surface area is 194 Å². The molecule has 0 unspecified atom stereocenters. The first-order chi connectivity index (χ1) is 14.0. The number of aromatic amines is 1. The first-order valence-corrected chi connectivity index (χ1v) is 9.99. The van der Waals surface area contributed by atoms with E-state index in [0.29, 0.717) is 23.4 Å². The fourth-order valence-corrected chi connectivity index (χ4v) is 4.05. The third-order valence-electron chi connectivity index (χ3n) is 5.54. The summed E-state index contributed by atoms with van der Waals surface area (Å²) in [5.41, 5.74) is 5.14. The number of hydrogen-bond donors (Lipinski definition) is 2. The molecule has 0 radical (unpaired) electrons. The van der Waals surface area contributed by atoms with Crippen molar-refractivity contribution < 1.29 is 4.74 Å². The van der Waals surface area contributed by atoms with Crippen molar-refractivity contribution in [2.75, 3.05) is 25.6 Å². The van der Waals surface area contributed by atoms with E-state index in [1.165, 1.54) is 11.1 Å². The van der Waals surface area contributed by atoms with Crippen LogP contribution in [-0.2, 0) is 19.5 Å². The molecule has 168 valence electrons. The van der Waals surface area contributed by atoms with Crippen LogP contribution in [0.1, 0.15) is 42.1 Å². The molecule has 1 aliphatic rings. The van der Waals surface area contributed by atoms with Gasteiger partial charge in [-0.3, -0.25) is 14.8 Å². The number of nitrogens with one attached hydrogen (secondary N) is 2. The summed E-state index contributed by atoms with van der Waals surface area (Å²) in [5.74, 6) is 1.52. The van der Waals surface area contributed by atoms with E-state index in [2.05, 4.69) is 40.1 Å². The Kier molecular flexibility index (Phi) is 8.28. The molecule has 0 spiro atoms. The van der Waals surface area contributed by atoms with Gasteiger partial charge in [-0.25, -0.2) is 4.98 Å². The van der Waals surface area contributed by atoms with Gasteiger partial charge in [0.2, 0.25) is 5.95 Å². The highest BCUT2D eigenvalue weighted by atomic mass is 35.5. The predicted molar refractivity (Wildman–Crippen MR) is 129 cm³/mol. The first kappa shape index (κ1) is 24.9. The largest absolute Gasteiger partial charge is 0.497 e. The van der Waals surface area contributed by atoms with Gasteiger partial charge in [-0.15, -0.1) is 24.8 Å². The van der Waals surface area contributed by atoms with Gasteiger partial charge in [0.1, 0.15) is 5.75 Å². The van der Waals surface area contributed by atoms with Gasteiger partial charge in [0.05, 0.1) is 23.7 Å². The van der Waals surface area contributed by atoms with Crippen LogP contribution >= 0.6 is 24.8 Å².